The smallest absolute Gasteiger partial charge is 0.238 e. The van der Waals surface area contributed by atoms with Gasteiger partial charge in [-0.15, -0.1) is 0 Å². The molecule has 2 N–H and O–H groups in total. The molecule has 0 fully saturated rings. The number of hydrogen-bond acceptors (Lipinski definition) is 3. The van der Waals surface area contributed by atoms with Gasteiger partial charge in [-0.25, -0.2) is 0 Å². The summed E-state index contributed by atoms with van der Waals surface area (Å²) in [4.78, 5) is 25.2. The van der Waals surface area contributed by atoms with E-state index < -0.39 is 0 Å². The average Bonchev–Trinajstić information content (AvgIpc) is 2.55. The summed E-state index contributed by atoms with van der Waals surface area (Å²) < 4.78 is 0. The Morgan fingerprint density at radius 1 is 0.889 bits per heavy atom. The molecule has 2 aromatic rings. The van der Waals surface area contributed by atoms with E-state index in [2.05, 4.69) is 55.7 Å². The van der Waals surface area contributed by atoms with Crippen molar-refractivity contribution in [3.05, 3.63) is 59.7 Å². The zero-order chi connectivity index (χ0) is 20.0. The number of nitrogens with zero attached hydrogens (tertiary/aromatic N) is 1. The summed E-state index contributed by atoms with van der Waals surface area (Å²) in [5, 5.41) is 5.57. The highest BCUT2D eigenvalue weighted by atomic mass is 16.2. The number of carbonyl (C=O) groups excluding carboxylic acids is 2. The van der Waals surface area contributed by atoms with Crippen LogP contribution in [0.1, 0.15) is 38.8 Å². The second-order valence-electron chi connectivity index (χ2n) is 7.93. The molecular weight excluding hydrogens is 338 g/mol. The first-order chi connectivity index (χ1) is 12.6. The van der Waals surface area contributed by atoms with Crippen molar-refractivity contribution in [1.29, 1.82) is 0 Å². The van der Waals surface area contributed by atoms with Crippen molar-refractivity contribution in [2.24, 2.45) is 0 Å². The summed E-state index contributed by atoms with van der Waals surface area (Å²) in [6.45, 7) is 9.06. The second kappa shape index (κ2) is 8.82. The van der Waals surface area contributed by atoms with Crippen LogP contribution in [0.4, 0.5) is 11.4 Å². The average molecular weight is 367 g/mol. The van der Waals surface area contributed by atoms with Crippen molar-refractivity contribution < 1.29 is 9.59 Å². The molecule has 0 aliphatic carbocycles. The van der Waals surface area contributed by atoms with Crippen LogP contribution in [0, 0.1) is 0 Å². The van der Waals surface area contributed by atoms with Gasteiger partial charge in [-0.1, -0.05) is 45.0 Å². The molecule has 2 amide bonds. The maximum atomic E-state index is 12.2. The van der Waals surface area contributed by atoms with Crippen LogP contribution in [0.2, 0.25) is 0 Å². The van der Waals surface area contributed by atoms with Crippen molar-refractivity contribution in [1.82, 2.24) is 4.90 Å². The summed E-state index contributed by atoms with van der Waals surface area (Å²) >= 11 is 0. The van der Waals surface area contributed by atoms with Gasteiger partial charge >= 0.3 is 0 Å². The fourth-order valence-electron chi connectivity index (χ4n) is 2.76. The van der Waals surface area contributed by atoms with Gasteiger partial charge in [-0.3, -0.25) is 14.5 Å². The number of benzene rings is 2. The number of rotatable bonds is 6. The van der Waals surface area contributed by atoms with Crippen molar-refractivity contribution in [3.63, 3.8) is 0 Å². The Morgan fingerprint density at radius 2 is 1.41 bits per heavy atom. The van der Waals surface area contributed by atoms with E-state index in [1.54, 1.807) is 24.3 Å². The lowest BCUT2D eigenvalue weighted by molar-refractivity contribution is -0.117. The lowest BCUT2D eigenvalue weighted by Crippen LogP contribution is -2.29. The molecule has 27 heavy (non-hydrogen) atoms. The molecule has 2 aromatic carbocycles. The predicted octanol–water partition coefficient (Wildman–Crippen LogP) is 4.01. The third-order valence-corrected chi connectivity index (χ3v) is 4.18. The molecule has 5 heteroatoms. The molecule has 2 rings (SSSR count). The number of carbonyl (C=O) groups is 2. The van der Waals surface area contributed by atoms with E-state index in [1.807, 2.05) is 11.9 Å². The lowest BCUT2D eigenvalue weighted by Gasteiger charge is -2.20. The van der Waals surface area contributed by atoms with Crippen LogP contribution >= 0.6 is 0 Å². The van der Waals surface area contributed by atoms with Crippen LogP contribution in [0.25, 0.3) is 0 Å². The minimum atomic E-state index is -0.121. The van der Waals surface area contributed by atoms with Crippen LogP contribution in [0.15, 0.2) is 48.5 Å². The van der Waals surface area contributed by atoms with Gasteiger partial charge in [0.05, 0.1) is 6.54 Å². The van der Waals surface area contributed by atoms with Gasteiger partial charge in [0.1, 0.15) is 0 Å². The van der Waals surface area contributed by atoms with Crippen LogP contribution in [0.3, 0.4) is 0 Å². The van der Waals surface area contributed by atoms with Gasteiger partial charge in [0.2, 0.25) is 11.8 Å². The van der Waals surface area contributed by atoms with Crippen LogP contribution in [0.5, 0.6) is 0 Å². The van der Waals surface area contributed by atoms with Gasteiger partial charge < -0.3 is 10.6 Å². The Kier molecular flexibility index (Phi) is 6.75. The zero-order valence-electron chi connectivity index (χ0n) is 16.8. The van der Waals surface area contributed by atoms with Crippen molar-refractivity contribution in [2.45, 2.75) is 39.7 Å². The fourth-order valence-corrected chi connectivity index (χ4v) is 2.76. The Labute approximate surface area is 161 Å². The maximum absolute atomic E-state index is 12.2. The molecule has 0 heterocycles. The van der Waals surface area contributed by atoms with E-state index in [-0.39, 0.29) is 17.2 Å². The molecule has 5 nitrogen and oxygen atoms in total. The van der Waals surface area contributed by atoms with Crippen molar-refractivity contribution >= 4 is 23.2 Å². The standard InChI is InChI=1S/C22H29N3O2/c1-16(26)23-19-10-12-20(13-11-19)24-21(27)15-25(5)14-17-6-8-18(9-7-17)22(2,3)4/h6-13H,14-15H2,1-5H3,(H,23,26)(H,24,27). The summed E-state index contributed by atoms with van der Waals surface area (Å²) in [7, 11) is 1.93. The van der Waals surface area contributed by atoms with E-state index in [9.17, 15) is 9.59 Å². The molecule has 0 spiro atoms. The summed E-state index contributed by atoms with van der Waals surface area (Å²) in [5.74, 6) is -0.194. The number of nitrogens with one attached hydrogen (secondary N) is 2. The van der Waals surface area contributed by atoms with E-state index in [1.165, 1.54) is 18.1 Å². The number of likely N-dealkylation sites (N-methyl/N-ethyl adjacent to an activating group) is 1. The topological polar surface area (TPSA) is 61.4 Å². The summed E-state index contributed by atoms with van der Waals surface area (Å²) in [6, 6.07) is 15.6. The fraction of sp³-hybridized carbons (Fsp3) is 0.364. The van der Waals surface area contributed by atoms with Crippen LogP contribution in [-0.4, -0.2) is 30.3 Å². The quantitative estimate of drug-likeness (QED) is 0.811. The molecule has 0 atom stereocenters. The number of amides is 2. The minimum absolute atomic E-state index is 0.0731. The number of hydrogen-bond donors (Lipinski definition) is 2. The van der Waals surface area contributed by atoms with Gasteiger partial charge in [-0.05, 0) is 47.9 Å². The van der Waals surface area contributed by atoms with E-state index in [4.69, 9.17) is 0 Å². The van der Waals surface area contributed by atoms with Gasteiger partial charge in [-0.2, -0.15) is 0 Å². The number of anilines is 2. The molecule has 0 unspecified atom stereocenters. The third-order valence-electron chi connectivity index (χ3n) is 4.18. The second-order valence-corrected chi connectivity index (χ2v) is 7.93. The molecule has 0 bridgehead atoms. The molecule has 0 saturated carbocycles. The van der Waals surface area contributed by atoms with Crippen LogP contribution in [-0.2, 0) is 21.5 Å². The Balaban J connectivity index is 1.85. The highest BCUT2D eigenvalue weighted by Gasteiger charge is 2.13. The highest BCUT2D eigenvalue weighted by molar-refractivity contribution is 5.93. The van der Waals surface area contributed by atoms with Crippen molar-refractivity contribution in [3.8, 4) is 0 Å². The maximum Gasteiger partial charge on any atom is 0.238 e. The first kappa shape index (κ1) is 20.6. The molecule has 0 aliphatic rings. The molecular formula is C22H29N3O2. The molecule has 0 radical (unpaired) electrons. The van der Waals surface area contributed by atoms with Gasteiger partial charge in [0.25, 0.3) is 0 Å². The van der Waals surface area contributed by atoms with E-state index >= 15 is 0 Å². The zero-order valence-corrected chi connectivity index (χ0v) is 16.8. The Morgan fingerprint density at radius 3 is 1.89 bits per heavy atom. The van der Waals surface area contributed by atoms with Gasteiger partial charge in [0.15, 0.2) is 0 Å². The summed E-state index contributed by atoms with van der Waals surface area (Å²) in [5.41, 5.74) is 4.03. The monoisotopic (exact) mass is 367 g/mol. The minimum Gasteiger partial charge on any atom is -0.326 e. The lowest BCUT2D eigenvalue weighted by atomic mass is 9.87. The van der Waals surface area contributed by atoms with Gasteiger partial charge in [0, 0.05) is 24.8 Å². The van der Waals surface area contributed by atoms with Crippen LogP contribution < -0.4 is 10.6 Å². The molecule has 0 aromatic heterocycles. The first-order valence-corrected chi connectivity index (χ1v) is 9.09. The Hall–Kier alpha value is -2.66. The SMILES string of the molecule is CC(=O)Nc1ccc(NC(=O)CN(C)Cc2ccc(C(C)(C)C)cc2)cc1. The van der Waals surface area contributed by atoms with Crippen molar-refractivity contribution in [2.75, 3.05) is 24.2 Å². The van der Waals surface area contributed by atoms with E-state index in [0.29, 0.717) is 24.5 Å². The molecule has 0 aliphatic heterocycles. The highest BCUT2D eigenvalue weighted by Crippen LogP contribution is 2.22. The summed E-state index contributed by atoms with van der Waals surface area (Å²) in [6.07, 6.45) is 0. The predicted molar refractivity (Wildman–Crippen MR) is 111 cm³/mol. The first-order valence-electron chi connectivity index (χ1n) is 9.09. The molecule has 144 valence electrons. The normalized spacial score (nSPS) is 11.3. The molecule has 0 saturated heterocycles. The Bertz CT molecular complexity index is 775. The van der Waals surface area contributed by atoms with E-state index in [0.717, 1.165) is 0 Å². The largest absolute Gasteiger partial charge is 0.326 e. The third kappa shape index (κ3) is 6.87.